The minimum Gasteiger partial charge on any atom is -0.466 e. The van der Waals surface area contributed by atoms with Gasteiger partial charge in [-0.2, -0.15) is 0 Å². The maximum Gasteiger partial charge on any atom is 0.261 e. The van der Waals surface area contributed by atoms with Crippen molar-refractivity contribution in [3.8, 4) is 0 Å². The van der Waals surface area contributed by atoms with Gasteiger partial charge in [0.25, 0.3) is 11.8 Å². The van der Waals surface area contributed by atoms with Crippen LogP contribution in [0.15, 0.2) is 27.2 Å². The second-order valence-electron chi connectivity index (χ2n) is 7.10. The monoisotopic (exact) mass is 359 g/mol. The fraction of sp³-hybridized carbons (Fsp3) is 0.524. The molecule has 0 atom stereocenters. The molecule has 0 aliphatic carbocycles. The number of allylic oxidation sites excluding steroid dienone is 2. The maximum atomic E-state index is 13.0. The quantitative estimate of drug-likeness (QED) is 0.455. The van der Waals surface area contributed by atoms with Crippen LogP contribution in [0.4, 0.5) is 0 Å². The summed E-state index contributed by atoms with van der Waals surface area (Å²) in [5, 5.41) is 8.85. The Hall–Kier alpha value is -2.14. The first kappa shape index (κ1) is 20.2. The summed E-state index contributed by atoms with van der Waals surface area (Å²) in [4.78, 5) is 27.3. The third kappa shape index (κ3) is 3.98. The zero-order chi connectivity index (χ0) is 19.4. The third-order valence-corrected chi connectivity index (χ3v) is 4.78. The number of hydrogen-bond acceptors (Lipinski definition) is 4. The van der Waals surface area contributed by atoms with E-state index in [1.54, 1.807) is 0 Å². The van der Waals surface area contributed by atoms with E-state index in [-0.39, 0.29) is 18.4 Å². The number of amides is 2. The van der Waals surface area contributed by atoms with Crippen LogP contribution in [-0.2, 0) is 9.59 Å². The molecule has 0 aromatic carbocycles. The lowest BCUT2D eigenvalue weighted by molar-refractivity contribution is -0.136. The zero-order valence-electron chi connectivity index (χ0n) is 16.4. The summed E-state index contributed by atoms with van der Waals surface area (Å²) in [7, 11) is 0. The molecule has 0 bridgehead atoms. The van der Waals surface area contributed by atoms with Gasteiger partial charge in [0.15, 0.2) is 0 Å². The predicted molar refractivity (Wildman–Crippen MR) is 101 cm³/mol. The predicted octanol–water partition coefficient (Wildman–Crippen LogP) is 3.93. The minimum absolute atomic E-state index is 0.180. The van der Waals surface area contributed by atoms with E-state index in [4.69, 9.17) is 9.52 Å². The molecule has 0 saturated carbocycles. The number of furan rings is 1. The van der Waals surface area contributed by atoms with Crippen LogP contribution in [0.25, 0.3) is 5.57 Å². The molecule has 1 aliphatic heterocycles. The standard InChI is InChI=1S/C21H29NO4/c1-13(2)18-19(15(4)17-12-14(3)26-16(17)5)21(25)22(20(18)24)10-8-6-7-9-11-23/h12,23H,6-11H2,1-5H3. The van der Waals surface area contributed by atoms with Crippen molar-refractivity contribution in [1.29, 1.82) is 0 Å². The van der Waals surface area contributed by atoms with E-state index in [0.717, 1.165) is 53.9 Å². The van der Waals surface area contributed by atoms with Gasteiger partial charge in [-0.25, -0.2) is 0 Å². The number of likely N-dealkylation sites (tertiary alicyclic amines) is 1. The number of aliphatic hydroxyl groups is 1. The average molecular weight is 359 g/mol. The van der Waals surface area contributed by atoms with Gasteiger partial charge in [0.1, 0.15) is 11.5 Å². The summed E-state index contributed by atoms with van der Waals surface area (Å²) < 4.78 is 5.60. The van der Waals surface area contributed by atoms with Gasteiger partial charge in [-0.05, 0) is 59.1 Å². The molecule has 1 aromatic rings. The summed E-state index contributed by atoms with van der Waals surface area (Å²) in [6.45, 7) is 9.95. The maximum absolute atomic E-state index is 13.0. The zero-order valence-corrected chi connectivity index (χ0v) is 16.4. The van der Waals surface area contributed by atoms with Gasteiger partial charge in [0, 0.05) is 18.7 Å². The summed E-state index contributed by atoms with van der Waals surface area (Å²) in [5.41, 5.74) is 3.52. The molecule has 26 heavy (non-hydrogen) atoms. The number of imide groups is 1. The van der Waals surface area contributed by atoms with Gasteiger partial charge in [0.05, 0.1) is 11.1 Å². The molecule has 1 N–H and O–H groups in total. The number of carbonyl (C=O) groups excluding carboxylic acids is 2. The molecule has 1 aliphatic rings. The number of aryl methyl sites for hydroxylation is 2. The molecule has 0 unspecified atom stereocenters. The van der Waals surface area contributed by atoms with E-state index in [9.17, 15) is 9.59 Å². The second-order valence-corrected chi connectivity index (χ2v) is 7.10. The number of nitrogens with zero attached hydrogens (tertiary/aromatic N) is 1. The van der Waals surface area contributed by atoms with Crippen molar-refractivity contribution in [2.75, 3.05) is 13.2 Å². The molecule has 1 fully saturated rings. The Morgan fingerprint density at radius 2 is 1.62 bits per heavy atom. The largest absolute Gasteiger partial charge is 0.466 e. The lowest BCUT2D eigenvalue weighted by Gasteiger charge is -2.13. The van der Waals surface area contributed by atoms with Gasteiger partial charge in [-0.3, -0.25) is 14.5 Å². The van der Waals surface area contributed by atoms with Crippen LogP contribution in [0, 0.1) is 13.8 Å². The molecule has 0 radical (unpaired) electrons. The summed E-state index contributed by atoms with van der Waals surface area (Å²) in [6.07, 6.45) is 3.30. The first-order chi connectivity index (χ1) is 12.3. The lowest BCUT2D eigenvalue weighted by Crippen LogP contribution is -2.30. The van der Waals surface area contributed by atoms with Crippen LogP contribution in [0.5, 0.6) is 0 Å². The Kier molecular flexibility index (Phi) is 6.59. The Bertz CT molecular complexity index is 763. The van der Waals surface area contributed by atoms with Crippen LogP contribution in [0.3, 0.4) is 0 Å². The number of hydrogen-bond donors (Lipinski definition) is 1. The highest BCUT2D eigenvalue weighted by Crippen LogP contribution is 2.35. The normalized spacial score (nSPS) is 16.7. The number of unbranched alkanes of at least 4 members (excludes halogenated alkanes) is 3. The van der Waals surface area contributed by atoms with E-state index < -0.39 is 0 Å². The van der Waals surface area contributed by atoms with Gasteiger partial charge in [-0.1, -0.05) is 18.4 Å². The molecule has 0 spiro atoms. The molecular weight excluding hydrogens is 330 g/mol. The summed E-state index contributed by atoms with van der Waals surface area (Å²) in [6, 6.07) is 1.91. The number of rotatable bonds is 7. The van der Waals surface area contributed by atoms with Crippen LogP contribution >= 0.6 is 0 Å². The van der Waals surface area contributed by atoms with Crippen LogP contribution in [0.1, 0.15) is 63.5 Å². The van der Waals surface area contributed by atoms with Crippen molar-refractivity contribution in [2.24, 2.45) is 0 Å². The molecule has 1 aromatic heterocycles. The molecule has 2 amide bonds. The number of carbonyl (C=O) groups is 2. The van der Waals surface area contributed by atoms with E-state index in [2.05, 4.69) is 0 Å². The Balaban J connectivity index is 2.35. The van der Waals surface area contributed by atoms with Crippen LogP contribution in [-0.4, -0.2) is 35.0 Å². The van der Waals surface area contributed by atoms with Crippen molar-refractivity contribution in [1.82, 2.24) is 4.90 Å². The fourth-order valence-electron chi connectivity index (χ4n) is 3.46. The number of aliphatic hydroxyl groups excluding tert-OH is 1. The van der Waals surface area contributed by atoms with Crippen molar-refractivity contribution < 1.29 is 19.1 Å². The first-order valence-electron chi connectivity index (χ1n) is 9.22. The van der Waals surface area contributed by atoms with Crippen molar-refractivity contribution in [3.63, 3.8) is 0 Å². The third-order valence-electron chi connectivity index (χ3n) is 4.78. The molecule has 1 saturated heterocycles. The first-order valence-corrected chi connectivity index (χ1v) is 9.22. The summed E-state index contributed by atoms with van der Waals surface area (Å²) in [5.74, 6) is 1.12. The van der Waals surface area contributed by atoms with E-state index in [1.165, 1.54) is 4.90 Å². The highest BCUT2D eigenvalue weighted by molar-refractivity contribution is 6.27. The van der Waals surface area contributed by atoms with Crippen molar-refractivity contribution >= 4 is 17.4 Å². The van der Waals surface area contributed by atoms with E-state index in [1.807, 2.05) is 40.7 Å². The second kappa shape index (κ2) is 8.49. The van der Waals surface area contributed by atoms with Gasteiger partial charge >= 0.3 is 0 Å². The molecule has 2 heterocycles. The lowest BCUT2D eigenvalue weighted by atomic mass is 9.95. The minimum atomic E-state index is -0.218. The molecule has 5 nitrogen and oxygen atoms in total. The Labute approximate surface area is 155 Å². The van der Waals surface area contributed by atoms with Gasteiger partial charge < -0.3 is 9.52 Å². The topological polar surface area (TPSA) is 70.8 Å². The smallest absolute Gasteiger partial charge is 0.261 e. The van der Waals surface area contributed by atoms with Crippen LogP contribution in [0.2, 0.25) is 0 Å². The van der Waals surface area contributed by atoms with Crippen LogP contribution < -0.4 is 0 Å². The highest BCUT2D eigenvalue weighted by Gasteiger charge is 2.40. The van der Waals surface area contributed by atoms with Gasteiger partial charge in [-0.15, -0.1) is 0 Å². The van der Waals surface area contributed by atoms with E-state index >= 15 is 0 Å². The van der Waals surface area contributed by atoms with Gasteiger partial charge in [0.2, 0.25) is 0 Å². The molecule has 5 heteroatoms. The fourth-order valence-corrected chi connectivity index (χ4v) is 3.46. The summed E-state index contributed by atoms with van der Waals surface area (Å²) >= 11 is 0. The van der Waals surface area contributed by atoms with Crippen molar-refractivity contribution in [2.45, 2.75) is 60.3 Å². The SMILES string of the molecule is CC(C)=C1C(=O)N(CCCCCCO)C(=O)C1=C(C)c1cc(C)oc1C. The highest BCUT2D eigenvalue weighted by atomic mass is 16.3. The molecule has 142 valence electrons. The average Bonchev–Trinajstić information content (AvgIpc) is 3.03. The van der Waals surface area contributed by atoms with E-state index in [0.29, 0.717) is 17.7 Å². The van der Waals surface area contributed by atoms with Crippen molar-refractivity contribution in [3.05, 3.63) is 39.9 Å². The Morgan fingerprint density at radius 3 is 2.15 bits per heavy atom. The molecular formula is C21H29NO4. The molecule has 2 rings (SSSR count). The Morgan fingerprint density at radius 1 is 1.00 bits per heavy atom.